The third-order valence-electron chi connectivity index (χ3n) is 7.86. The first-order valence-corrected chi connectivity index (χ1v) is 14.9. The fourth-order valence-electron chi connectivity index (χ4n) is 5.66. The van der Waals surface area contributed by atoms with Gasteiger partial charge in [0.2, 0.25) is 5.91 Å². The average Bonchev–Trinajstić information content (AvgIpc) is 2.95. The zero-order valence-electron chi connectivity index (χ0n) is 22.4. The first-order chi connectivity index (χ1) is 19.1. The number of hydrogen-bond acceptors (Lipinski definition) is 4. The lowest BCUT2D eigenvalue weighted by Crippen LogP contribution is -2.47. The molecule has 5 rings (SSSR count). The van der Waals surface area contributed by atoms with Gasteiger partial charge in [0.15, 0.2) is 5.78 Å². The Bertz CT molecular complexity index is 1670. The van der Waals surface area contributed by atoms with E-state index in [1.807, 2.05) is 30.3 Å². The molecular formula is C31H31N2O6P. The van der Waals surface area contributed by atoms with Crippen LogP contribution in [0.15, 0.2) is 78.9 Å². The predicted molar refractivity (Wildman–Crippen MR) is 154 cm³/mol. The topological polar surface area (TPSA) is 115 Å². The van der Waals surface area contributed by atoms with E-state index in [0.717, 1.165) is 10.8 Å². The molecule has 2 N–H and O–H groups in total. The number of rotatable bonds is 6. The van der Waals surface area contributed by atoms with E-state index in [0.29, 0.717) is 36.7 Å². The minimum Gasteiger partial charge on any atom is -0.343 e. The Morgan fingerprint density at radius 2 is 1.40 bits per heavy atom. The van der Waals surface area contributed by atoms with E-state index >= 15 is 0 Å². The summed E-state index contributed by atoms with van der Waals surface area (Å²) >= 11 is 0. The van der Waals surface area contributed by atoms with Gasteiger partial charge in [-0.2, -0.15) is 0 Å². The van der Waals surface area contributed by atoms with Crippen molar-refractivity contribution in [1.82, 2.24) is 9.80 Å². The van der Waals surface area contributed by atoms with Crippen LogP contribution >= 0.6 is 7.60 Å². The highest BCUT2D eigenvalue weighted by molar-refractivity contribution is 7.53. The maximum Gasteiger partial charge on any atom is 0.340 e. The van der Waals surface area contributed by atoms with E-state index < -0.39 is 24.9 Å². The van der Waals surface area contributed by atoms with Gasteiger partial charge in [-0.3, -0.25) is 18.9 Å². The fraction of sp³-hybridized carbons (Fsp3) is 0.258. The normalized spacial score (nSPS) is 15.2. The van der Waals surface area contributed by atoms with Crippen LogP contribution in [0.3, 0.4) is 0 Å². The second-order valence-electron chi connectivity index (χ2n) is 10.3. The van der Waals surface area contributed by atoms with E-state index in [4.69, 9.17) is 0 Å². The van der Waals surface area contributed by atoms with Crippen molar-refractivity contribution >= 4 is 46.7 Å². The summed E-state index contributed by atoms with van der Waals surface area (Å²) in [5.41, 5.74) is -1.50. The van der Waals surface area contributed by atoms with Crippen LogP contribution in [-0.2, 0) is 9.36 Å². The molecule has 9 heteroatoms. The van der Waals surface area contributed by atoms with Gasteiger partial charge in [-0.1, -0.05) is 66.7 Å². The molecule has 0 radical (unpaired) electrons. The van der Waals surface area contributed by atoms with Crippen molar-refractivity contribution in [2.24, 2.45) is 0 Å². The smallest absolute Gasteiger partial charge is 0.340 e. The lowest BCUT2D eigenvalue weighted by molar-refractivity contribution is -0.130. The van der Waals surface area contributed by atoms with Crippen molar-refractivity contribution in [2.45, 2.75) is 31.5 Å². The number of benzene rings is 4. The Balaban J connectivity index is 1.60. The first kappa shape index (κ1) is 27.7. The number of carbonyl (C=O) groups excluding carboxylic acids is 3. The molecule has 4 aromatic rings. The van der Waals surface area contributed by atoms with Crippen molar-refractivity contribution in [1.29, 1.82) is 0 Å². The standard InChI is InChI=1S/C31H31N2O6P/c1-20(34)33-16-14-24(15-17-33)32(2)31(36)28-19-23-10-4-3-9-22(23)18-27(28)29(35)30(40(37,38)39)26-13-7-11-21-8-5-6-12-25(21)26/h3-13,18-19,24,30H,14-17H2,1-2H3,(H2,37,38,39). The summed E-state index contributed by atoms with van der Waals surface area (Å²) in [6.07, 6.45) is 1.19. The van der Waals surface area contributed by atoms with Gasteiger partial charge in [0.25, 0.3) is 5.91 Å². The van der Waals surface area contributed by atoms with Crippen LogP contribution in [0.2, 0.25) is 0 Å². The second-order valence-corrected chi connectivity index (χ2v) is 12.0. The van der Waals surface area contributed by atoms with Crippen LogP contribution in [0.1, 0.15) is 51.7 Å². The molecule has 0 spiro atoms. The van der Waals surface area contributed by atoms with Crippen molar-refractivity contribution in [3.05, 3.63) is 95.6 Å². The van der Waals surface area contributed by atoms with Gasteiger partial charge in [0.1, 0.15) is 5.66 Å². The third-order valence-corrected chi connectivity index (χ3v) is 9.05. The molecule has 1 aliphatic rings. The van der Waals surface area contributed by atoms with Crippen molar-refractivity contribution in [2.75, 3.05) is 20.1 Å². The summed E-state index contributed by atoms with van der Waals surface area (Å²) in [6, 6.07) is 22.5. The van der Waals surface area contributed by atoms with Crippen molar-refractivity contribution < 1.29 is 28.7 Å². The molecule has 40 heavy (non-hydrogen) atoms. The molecule has 1 saturated heterocycles. The number of likely N-dealkylation sites (tertiary alicyclic amines) is 1. The van der Waals surface area contributed by atoms with E-state index in [1.165, 1.54) is 6.92 Å². The molecule has 0 bridgehead atoms. The molecule has 0 saturated carbocycles. The summed E-state index contributed by atoms with van der Waals surface area (Å²) in [6.45, 7) is 2.58. The van der Waals surface area contributed by atoms with Gasteiger partial charge in [0, 0.05) is 38.7 Å². The Morgan fingerprint density at radius 1 is 0.850 bits per heavy atom. The largest absolute Gasteiger partial charge is 0.343 e. The minimum atomic E-state index is -5.01. The summed E-state index contributed by atoms with van der Waals surface area (Å²) in [4.78, 5) is 64.3. The van der Waals surface area contributed by atoms with Crippen LogP contribution in [-0.4, -0.2) is 63.4 Å². The highest BCUT2D eigenvalue weighted by atomic mass is 31.2. The van der Waals surface area contributed by atoms with Crippen molar-refractivity contribution in [3.8, 4) is 0 Å². The Labute approximate surface area is 232 Å². The number of ketones is 1. The predicted octanol–water partition coefficient (Wildman–Crippen LogP) is 5.18. The molecule has 8 nitrogen and oxygen atoms in total. The molecule has 0 aliphatic carbocycles. The fourth-order valence-corrected chi connectivity index (χ4v) is 6.69. The zero-order valence-corrected chi connectivity index (χ0v) is 23.3. The number of Topliss-reactive ketones (excluding diaryl/α,β-unsaturated/α-hetero) is 1. The molecule has 1 aliphatic heterocycles. The van der Waals surface area contributed by atoms with Crippen molar-refractivity contribution in [3.63, 3.8) is 0 Å². The number of hydrogen-bond donors (Lipinski definition) is 2. The van der Waals surface area contributed by atoms with Gasteiger partial charge >= 0.3 is 7.60 Å². The Hall–Kier alpha value is -3.84. The number of piperidine rings is 1. The average molecular weight is 559 g/mol. The quantitative estimate of drug-likeness (QED) is 0.249. The monoisotopic (exact) mass is 558 g/mol. The molecule has 1 unspecified atom stereocenters. The lowest BCUT2D eigenvalue weighted by Gasteiger charge is -2.36. The molecule has 0 aromatic heterocycles. The maximum atomic E-state index is 14.2. The molecule has 2 amide bonds. The summed E-state index contributed by atoms with van der Waals surface area (Å²) in [5, 5.41) is 2.73. The second kappa shape index (κ2) is 11.0. The molecule has 206 valence electrons. The number of nitrogens with zero attached hydrogens (tertiary/aromatic N) is 2. The van der Waals surface area contributed by atoms with E-state index in [2.05, 4.69) is 0 Å². The Morgan fingerprint density at radius 3 is 2.00 bits per heavy atom. The van der Waals surface area contributed by atoms with E-state index in [9.17, 15) is 28.7 Å². The van der Waals surface area contributed by atoms with Gasteiger partial charge < -0.3 is 19.6 Å². The SMILES string of the molecule is CC(=O)N1CCC(N(C)C(=O)c2cc3ccccc3cc2C(=O)C(c2cccc3ccccc23)P(=O)(O)O)CC1. The molecular weight excluding hydrogens is 527 g/mol. The van der Waals surface area contributed by atoms with Gasteiger partial charge in [0.05, 0.1) is 5.56 Å². The maximum absolute atomic E-state index is 14.2. The molecule has 1 atom stereocenters. The highest BCUT2D eigenvalue weighted by Crippen LogP contribution is 2.55. The third kappa shape index (κ3) is 5.30. The first-order valence-electron chi connectivity index (χ1n) is 13.2. The summed E-state index contributed by atoms with van der Waals surface area (Å²) in [7, 11) is -3.34. The summed E-state index contributed by atoms with van der Waals surface area (Å²) in [5.74, 6) is -1.22. The Kier molecular flexibility index (Phi) is 7.60. The van der Waals surface area contributed by atoms with Gasteiger partial charge in [-0.15, -0.1) is 0 Å². The minimum absolute atomic E-state index is 0.00763. The van der Waals surface area contributed by atoms with E-state index in [-0.39, 0.29) is 28.6 Å². The van der Waals surface area contributed by atoms with Crippen LogP contribution < -0.4 is 0 Å². The van der Waals surface area contributed by atoms with Crippen LogP contribution in [0.5, 0.6) is 0 Å². The zero-order chi connectivity index (χ0) is 28.6. The van der Waals surface area contributed by atoms with E-state index in [1.54, 1.807) is 65.4 Å². The number of carbonyl (C=O) groups is 3. The van der Waals surface area contributed by atoms with Gasteiger partial charge in [-0.05, 0) is 52.1 Å². The highest BCUT2D eigenvalue weighted by Gasteiger charge is 2.40. The van der Waals surface area contributed by atoms with Crippen LogP contribution in [0.4, 0.5) is 0 Å². The van der Waals surface area contributed by atoms with Gasteiger partial charge in [-0.25, -0.2) is 0 Å². The summed E-state index contributed by atoms with van der Waals surface area (Å²) < 4.78 is 12.9. The van der Waals surface area contributed by atoms with Crippen LogP contribution in [0.25, 0.3) is 21.5 Å². The molecule has 4 aromatic carbocycles. The molecule has 1 heterocycles. The number of fused-ring (bicyclic) bond motifs is 2. The van der Waals surface area contributed by atoms with Crippen LogP contribution in [0, 0.1) is 0 Å². The lowest BCUT2D eigenvalue weighted by atomic mass is 9.91. The number of amides is 2. The molecule has 1 fully saturated rings.